The lowest BCUT2D eigenvalue weighted by molar-refractivity contribution is 0.239. The number of rotatable bonds is 6. The first kappa shape index (κ1) is 12.2. The molecule has 4 heteroatoms. The fourth-order valence-corrected chi connectivity index (χ4v) is 2.82. The summed E-state index contributed by atoms with van der Waals surface area (Å²) in [4.78, 5) is 2.62. The second kappa shape index (κ2) is 5.41. The van der Waals surface area contributed by atoms with Gasteiger partial charge in [0.1, 0.15) is 0 Å². The molecule has 1 unspecified atom stereocenters. The Hall–Kier alpha value is -0.870. The Labute approximate surface area is 109 Å². The van der Waals surface area contributed by atoms with Gasteiger partial charge in [0.2, 0.25) is 0 Å². The van der Waals surface area contributed by atoms with Crippen LogP contribution >= 0.6 is 0 Å². The van der Waals surface area contributed by atoms with Crippen LogP contribution in [0.25, 0.3) is 0 Å². The molecule has 1 aromatic rings. The molecular weight excluding hydrogens is 224 g/mol. The Balaban J connectivity index is 1.53. The number of nitrogens with one attached hydrogen (secondary N) is 1. The zero-order valence-corrected chi connectivity index (χ0v) is 11.3. The molecule has 0 radical (unpaired) electrons. The highest BCUT2D eigenvalue weighted by molar-refractivity contribution is 5.04. The standard InChI is InChI=1S/C14H24N4/c1-2-18-11-12(8-16-18)10-17-7-3-4-14(17)9-15-13-5-6-13/h8,11,13-15H,2-7,9-10H2,1H3. The van der Waals surface area contributed by atoms with Crippen LogP contribution in [0.2, 0.25) is 0 Å². The molecule has 1 N–H and O–H groups in total. The third-order valence-corrected chi connectivity index (χ3v) is 4.11. The van der Waals surface area contributed by atoms with E-state index < -0.39 is 0 Å². The van der Waals surface area contributed by atoms with Gasteiger partial charge < -0.3 is 5.32 Å². The van der Waals surface area contributed by atoms with Crippen LogP contribution < -0.4 is 5.32 Å². The van der Waals surface area contributed by atoms with E-state index in [1.807, 2.05) is 10.9 Å². The van der Waals surface area contributed by atoms with E-state index in [1.165, 1.54) is 44.3 Å². The quantitative estimate of drug-likeness (QED) is 0.830. The Morgan fingerprint density at radius 3 is 3.00 bits per heavy atom. The Morgan fingerprint density at radius 1 is 1.39 bits per heavy atom. The van der Waals surface area contributed by atoms with Crippen LogP contribution in [0.15, 0.2) is 12.4 Å². The Bertz CT molecular complexity index is 383. The van der Waals surface area contributed by atoms with Crippen LogP contribution in [-0.4, -0.2) is 39.9 Å². The van der Waals surface area contributed by atoms with Crippen molar-refractivity contribution in [3.63, 3.8) is 0 Å². The number of nitrogens with zero attached hydrogens (tertiary/aromatic N) is 3. The van der Waals surface area contributed by atoms with Crippen molar-refractivity contribution in [3.05, 3.63) is 18.0 Å². The maximum atomic E-state index is 4.36. The Kier molecular flexibility index (Phi) is 3.66. The molecule has 0 amide bonds. The van der Waals surface area contributed by atoms with Crippen LogP contribution in [-0.2, 0) is 13.1 Å². The fraction of sp³-hybridized carbons (Fsp3) is 0.786. The second-order valence-corrected chi connectivity index (χ2v) is 5.65. The van der Waals surface area contributed by atoms with Crippen LogP contribution in [0.5, 0.6) is 0 Å². The summed E-state index contributed by atoms with van der Waals surface area (Å²) in [7, 11) is 0. The predicted octanol–water partition coefficient (Wildman–Crippen LogP) is 1.62. The third kappa shape index (κ3) is 2.93. The molecule has 1 saturated carbocycles. The molecule has 100 valence electrons. The van der Waals surface area contributed by atoms with Crippen molar-refractivity contribution in [2.75, 3.05) is 13.1 Å². The fourth-order valence-electron chi connectivity index (χ4n) is 2.82. The van der Waals surface area contributed by atoms with E-state index in [2.05, 4.69) is 28.4 Å². The molecule has 0 aromatic carbocycles. The van der Waals surface area contributed by atoms with Gasteiger partial charge in [0, 0.05) is 43.5 Å². The zero-order chi connectivity index (χ0) is 12.4. The maximum absolute atomic E-state index is 4.36. The van der Waals surface area contributed by atoms with Crippen molar-refractivity contribution in [3.8, 4) is 0 Å². The summed E-state index contributed by atoms with van der Waals surface area (Å²) in [6.07, 6.45) is 9.67. The highest BCUT2D eigenvalue weighted by Gasteiger charge is 2.27. The summed E-state index contributed by atoms with van der Waals surface area (Å²) in [6.45, 7) is 6.58. The van der Waals surface area contributed by atoms with Gasteiger partial charge in [-0.05, 0) is 39.2 Å². The van der Waals surface area contributed by atoms with Crippen molar-refractivity contribution >= 4 is 0 Å². The average Bonchev–Trinajstić information content (AvgIpc) is 2.93. The van der Waals surface area contributed by atoms with Gasteiger partial charge in [0.05, 0.1) is 6.20 Å². The summed E-state index contributed by atoms with van der Waals surface area (Å²) in [6, 6.07) is 1.56. The molecule has 1 aliphatic carbocycles. The van der Waals surface area contributed by atoms with Crippen LogP contribution in [0.3, 0.4) is 0 Å². The highest BCUT2D eigenvalue weighted by Crippen LogP contribution is 2.22. The van der Waals surface area contributed by atoms with Gasteiger partial charge in [0.15, 0.2) is 0 Å². The van der Waals surface area contributed by atoms with Gasteiger partial charge >= 0.3 is 0 Å². The first-order valence-corrected chi connectivity index (χ1v) is 7.34. The molecule has 2 heterocycles. The molecular formula is C14H24N4. The summed E-state index contributed by atoms with van der Waals surface area (Å²) in [5, 5.41) is 8.03. The van der Waals surface area contributed by atoms with E-state index in [9.17, 15) is 0 Å². The lowest BCUT2D eigenvalue weighted by Gasteiger charge is -2.24. The number of hydrogen-bond donors (Lipinski definition) is 1. The summed E-state index contributed by atoms with van der Waals surface area (Å²) in [5.74, 6) is 0. The number of aryl methyl sites for hydroxylation is 1. The lowest BCUT2D eigenvalue weighted by atomic mass is 10.2. The van der Waals surface area contributed by atoms with Crippen molar-refractivity contribution < 1.29 is 0 Å². The van der Waals surface area contributed by atoms with Gasteiger partial charge in [-0.3, -0.25) is 9.58 Å². The monoisotopic (exact) mass is 248 g/mol. The molecule has 4 nitrogen and oxygen atoms in total. The van der Waals surface area contributed by atoms with Crippen molar-refractivity contribution in [1.29, 1.82) is 0 Å². The van der Waals surface area contributed by atoms with Gasteiger partial charge in [-0.2, -0.15) is 5.10 Å². The van der Waals surface area contributed by atoms with E-state index >= 15 is 0 Å². The molecule has 18 heavy (non-hydrogen) atoms. The molecule has 2 aliphatic rings. The number of likely N-dealkylation sites (tertiary alicyclic amines) is 1. The largest absolute Gasteiger partial charge is 0.312 e. The van der Waals surface area contributed by atoms with E-state index in [0.29, 0.717) is 0 Å². The number of hydrogen-bond acceptors (Lipinski definition) is 3. The predicted molar refractivity (Wildman–Crippen MR) is 72.4 cm³/mol. The molecule has 3 rings (SSSR count). The SMILES string of the molecule is CCn1cc(CN2CCCC2CNC2CC2)cn1. The topological polar surface area (TPSA) is 33.1 Å². The Morgan fingerprint density at radius 2 is 2.28 bits per heavy atom. The van der Waals surface area contributed by atoms with E-state index in [1.54, 1.807) is 0 Å². The van der Waals surface area contributed by atoms with Gasteiger partial charge in [-0.1, -0.05) is 0 Å². The van der Waals surface area contributed by atoms with E-state index in [4.69, 9.17) is 0 Å². The second-order valence-electron chi connectivity index (χ2n) is 5.65. The van der Waals surface area contributed by atoms with Crippen LogP contribution in [0.4, 0.5) is 0 Å². The molecule has 1 aliphatic heterocycles. The van der Waals surface area contributed by atoms with Crippen molar-refractivity contribution in [2.45, 2.75) is 57.8 Å². The summed E-state index contributed by atoms with van der Waals surface area (Å²) >= 11 is 0. The smallest absolute Gasteiger partial charge is 0.0534 e. The summed E-state index contributed by atoms with van der Waals surface area (Å²) in [5.41, 5.74) is 1.36. The summed E-state index contributed by atoms with van der Waals surface area (Å²) < 4.78 is 2.02. The minimum atomic E-state index is 0.732. The normalized spacial score (nSPS) is 24.8. The van der Waals surface area contributed by atoms with Crippen molar-refractivity contribution in [2.24, 2.45) is 0 Å². The van der Waals surface area contributed by atoms with Crippen molar-refractivity contribution in [1.82, 2.24) is 20.0 Å². The van der Waals surface area contributed by atoms with Gasteiger partial charge in [-0.25, -0.2) is 0 Å². The first-order valence-electron chi connectivity index (χ1n) is 7.34. The zero-order valence-electron chi connectivity index (χ0n) is 11.3. The molecule has 0 bridgehead atoms. The van der Waals surface area contributed by atoms with E-state index in [0.717, 1.165) is 25.2 Å². The maximum Gasteiger partial charge on any atom is 0.0534 e. The minimum Gasteiger partial charge on any atom is -0.312 e. The first-order chi connectivity index (χ1) is 8.85. The highest BCUT2D eigenvalue weighted by atomic mass is 15.3. The van der Waals surface area contributed by atoms with Gasteiger partial charge in [0.25, 0.3) is 0 Å². The minimum absolute atomic E-state index is 0.732. The molecule has 1 aromatic heterocycles. The lowest BCUT2D eigenvalue weighted by Crippen LogP contribution is -2.38. The molecule has 1 saturated heterocycles. The molecule has 1 atom stereocenters. The van der Waals surface area contributed by atoms with E-state index in [-0.39, 0.29) is 0 Å². The average molecular weight is 248 g/mol. The third-order valence-electron chi connectivity index (χ3n) is 4.11. The number of aromatic nitrogens is 2. The molecule has 2 fully saturated rings. The van der Waals surface area contributed by atoms with Crippen LogP contribution in [0, 0.1) is 0 Å². The van der Waals surface area contributed by atoms with Gasteiger partial charge in [-0.15, -0.1) is 0 Å². The van der Waals surface area contributed by atoms with Crippen LogP contribution in [0.1, 0.15) is 38.2 Å². The molecule has 0 spiro atoms.